The van der Waals surface area contributed by atoms with Gasteiger partial charge in [0.1, 0.15) is 0 Å². The first-order chi connectivity index (χ1) is 5.72. The van der Waals surface area contributed by atoms with Gasteiger partial charge in [-0.2, -0.15) is 0 Å². The summed E-state index contributed by atoms with van der Waals surface area (Å²) >= 11 is 0. The molecule has 0 spiro atoms. The van der Waals surface area contributed by atoms with Gasteiger partial charge in [0.15, 0.2) is 5.78 Å². The van der Waals surface area contributed by atoms with Crippen molar-refractivity contribution in [2.45, 2.75) is 39.0 Å². The van der Waals surface area contributed by atoms with Crippen LogP contribution in [0.5, 0.6) is 0 Å². The molecular formula is C11H18O. The average Bonchev–Trinajstić information content (AvgIpc) is 2.05. The number of Topliss-reactive ketones (excluding diaryl/α,β-unsaturated/α-hetero) is 1. The van der Waals surface area contributed by atoms with Gasteiger partial charge in [0.05, 0.1) is 0 Å². The van der Waals surface area contributed by atoms with Crippen LogP contribution in [0, 0.1) is 0 Å². The highest BCUT2D eigenvalue weighted by atomic mass is 16.1. The van der Waals surface area contributed by atoms with Gasteiger partial charge in [0.25, 0.3) is 0 Å². The minimum atomic E-state index is 0.198. The van der Waals surface area contributed by atoms with Crippen molar-refractivity contribution in [2.24, 2.45) is 0 Å². The maximum atomic E-state index is 11.3. The van der Waals surface area contributed by atoms with Crippen molar-refractivity contribution in [3.8, 4) is 0 Å². The predicted molar refractivity (Wildman–Crippen MR) is 53.1 cm³/mol. The molecule has 12 heavy (non-hydrogen) atoms. The smallest absolute Gasteiger partial charge is 0.158 e. The quantitative estimate of drug-likeness (QED) is 0.322. The number of carbonyl (C=O) groups is 1. The van der Waals surface area contributed by atoms with Crippen LogP contribution in [-0.4, -0.2) is 5.78 Å². The van der Waals surface area contributed by atoms with E-state index >= 15 is 0 Å². The average molecular weight is 166 g/mol. The molecule has 0 rings (SSSR count). The summed E-state index contributed by atoms with van der Waals surface area (Å²) in [5.41, 5.74) is 0.695. The van der Waals surface area contributed by atoms with E-state index in [4.69, 9.17) is 0 Å². The Morgan fingerprint density at radius 2 is 2.08 bits per heavy atom. The number of allylic oxidation sites excluding steroid dienone is 2. The second-order valence-electron chi connectivity index (χ2n) is 2.98. The lowest BCUT2D eigenvalue weighted by Gasteiger charge is -2.00. The van der Waals surface area contributed by atoms with E-state index in [1.165, 1.54) is 0 Å². The molecule has 0 aromatic heterocycles. The van der Waals surface area contributed by atoms with Crippen LogP contribution in [0.1, 0.15) is 39.0 Å². The number of ketones is 1. The zero-order valence-electron chi connectivity index (χ0n) is 7.94. The molecule has 0 bridgehead atoms. The number of unbranched alkanes of at least 4 members (excludes halogenated alkanes) is 2. The fourth-order valence-corrected chi connectivity index (χ4v) is 1.00. The summed E-state index contributed by atoms with van der Waals surface area (Å²) in [5, 5.41) is 0. The van der Waals surface area contributed by atoms with E-state index in [2.05, 4.69) is 20.1 Å². The van der Waals surface area contributed by atoms with E-state index in [-0.39, 0.29) is 5.78 Å². The molecule has 0 aliphatic heterocycles. The van der Waals surface area contributed by atoms with Crippen LogP contribution in [-0.2, 0) is 4.79 Å². The Morgan fingerprint density at radius 3 is 2.58 bits per heavy atom. The molecule has 0 saturated heterocycles. The first kappa shape index (κ1) is 11.2. The summed E-state index contributed by atoms with van der Waals surface area (Å²) in [6.07, 6.45) is 6.28. The van der Waals surface area contributed by atoms with Crippen LogP contribution in [0.25, 0.3) is 0 Å². The first-order valence-electron chi connectivity index (χ1n) is 4.54. The van der Waals surface area contributed by atoms with E-state index in [0.717, 1.165) is 19.3 Å². The molecule has 0 unspecified atom stereocenters. The molecule has 0 fully saturated rings. The van der Waals surface area contributed by atoms with Crippen LogP contribution >= 0.6 is 0 Å². The molecule has 0 N–H and O–H groups in total. The monoisotopic (exact) mass is 166 g/mol. The summed E-state index contributed by atoms with van der Waals surface area (Å²) in [6.45, 7) is 9.40. The molecule has 0 saturated carbocycles. The van der Waals surface area contributed by atoms with Gasteiger partial charge < -0.3 is 0 Å². The first-order valence-corrected chi connectivity index (χ1v) is 4.54. The fourth-order valence-electron chi connectivity index (χ4n) is 1.00. The summed E-state index contributed by atoms with van der Waals surface area (Å²) in [5.74, 6) is 0.198. The Labute approximate surface area is 75.2 Å². The zero-order valence-corrected chi connectivity index (χ0v) is 7.94. The third-order valence-electron chi connectivity index (χ3n) is 1.79. The van der Waals surface area contributed by atoms with Crippen molar-refractivity contribution in [1.29, 1.82) is 0 Å². The van der Waals surface area contributed by atoms with Gasteiger partial charge in [-0.25, -0.2) is 0 Å². The van der Waals surface area contributed by atoms with Crippen LogP contribution < -0.4 is 0 Å². The standard InChI is InChI=1S/C11H18O/c1-4-6-7-9-11(12)10(3)8-5-2/h5H,2-4,6-9H2,1H3. The molecule has 1 nitrogen and oxygen atoms in total. The molecule has 0 atom stereocenters. The normalized spacial score (nSPS) is 9.42. The van der Waals surface area contributed by atoms with E-state index in [0.29, 0.717) is 18.4 Å². The van der Waals surface area contributed by atoms with Crippen LogP contribution in [0.4, 0.5) is 0 Å². The Bertz CT molecular complexity index is 168. The lowest BCUT2D eigenvalue weighted by atomic mass is 10.0. The Balaban J connectivity index is 3.57. The largest absolute Gasteiger partial charge is 0.295 e. The van der Waals surface area contributed by atoms with Gasteiger partial charge in [0.2, 0.25) is 0 Å². The fraction of sp³-hybridized carbons (Fsp3) is 0.545. The number of hydrogen-bond acceptors (Lipinski definition) is 1. The second-order valence-corrected chi connectivity index (χ2v) is 2.98. The molecule has 0 aromatic rings. The van der Waals surface area contributed by atoms with Crippen molar-refractivity contribution in [2.75, 3.05) is 0 Å². The zero-order chi connectivity index (χ0) is 9.40. The van der Waals surface area contributed by atoms with Crippen LogP contribution in [0.3, 0.4) is 0 Å². The molecular weight excluding hydrogens is 148 g/mol. The van der Waals surface area contributed by atoms with Crippen molar-refractivity contribution in [3.63, 3.8) is 0 Å². The topological polar surface area (TPSA) is 17.1 Å². The Kier molecular flexibility index (Phi) is 6.35. The molecule has 0 heterocycles. The van der Waals surface area contributed by atoms with Gasteiger partial charge in [-0.1, -0.05) is 32.4 Å². The molecule has 0 aliphatic rings. The number of carbonyl (C=O) groups excluding carboxylic acids is 1. The summed E-state index contributed by atoms with van der Waals surface area (Å²) < 4.78 is 0. The van der Waals surface area contributed by atoms with E-state index < -0.39 is 0 Å². The predicted octanol–water partition coefficient (Wildman–Crippen LogP) is 3.27. The highest BCUT2D eigenvalue weighted by Crippen LogP contribution is 2.07. The molecule has 0 radical (unpaired) electrons. The molecule has 0 amide bonds. The molecule has 68 valence electrons. The summed E-state index contributed by atoms with van der Waals surface area (Å²) in [7, 11) is 0. The van der Waals surface area contributed by atoms with Crippen molar-refractivity contribution in [3.05, 3.63) is 24.8 Å². The van der Waals surface area contributed by atoms with Crippen molar-refractivity contribution >= 4 is 5.78 Å². The molecule has 0 aromatic carbocycles. The lowest BCUT2D eigenvalue weighted by Crippen LogP contribution is -2.00. The maximum absolute atomic E-state index is 11.3. The van der Waals surface area contributed by atoms with Crippen LogP contribution in [0.15, 0.2) is 24.8 Å². The highest BCUT2D eigenvalue weighted by molar-refractivity contribution is 5.94. The minimum absolute atomic E-state index is 0.198. The van der Waals surface area contributed by atoms with Crippen molar-refractivity contribution < 1.29 is 4.79 Å². The second kappa shape index (κ2) is 6.84. The molecule has 0 aliphatic carbocycles. The lowest BCUT2D eigenvalue weighted by molar-refractivity contribution is -0.115. The third-order valence-corrected chi connectivity index (χ3v) is 1.79. The van der Waals surface area contributed by atoms with Gasteiger partial charge in [-0.15, -0.1) is 6.58 Å². The van der Waals surface area contributed by atoms with Gasteiger partial charge in [0, 0.05) is 6.42 Å². The summed E-state index contributed by atoms with van der Waals surface area (Å²) in [6, 6.07) is 0. The number of hydrogen-bond donors (Lipinski definition) is 0. The minimum Gasteiger partial charge on any atom is -0.295 e. The van der Waals surface area contributed by atoms with E-state index in [9.17, 15) is 4.79 Å². The Morgan fingerprint density at radius 1 is 1.42 bits per heavy atom. The highest BCUT2D eigenvalue weighted by Gasteiger charge is 2.03. The molecule has 1 heteroatoms. The third kappa shape index (κ3) is 4.89. The SMILES string of the molecule is C=CCC(=C)C(=O)CCCCC. The van der Waals surface area contributed by atoms with Gasteiger partial charge >= 0.3 is 0 Å². The van der Waals surface area contributed by atoms with Gasteiger partial charge in [-0.3, -0.25) is 4.79 Å². The van der Waals surface area contributed by atoms with Crippen molar-refractivity contribution in [1.82, 2.24) is 0 Å². The summed E-state index contributed by atoms with van der Waals surface area (Å²) in [4.78, 5) is 11.3. The van der Waals surface area contributed by atoms with Crippen LogP contribution in [0.2, 0.25) is 0 Å². The number of rotatable bonds is 7. The van der Waals surface area contributed by atoms with E-state index in [1.54, 1.807) is 6.08 Å². The van der Waals surface area contributed by atoms with Gasteiger partial charge in [-0.05, 0) is 18.4 Å². The Hall–Kier alpha value is -0.850. The van der Waals surface area contributed by atoms with E-state index in [1.807, 2.05) is 0 Å². The maximum Gasteiger partial charge on any atom is 0.158 e.